The summed E-state index contributed by atoms with van der Waals surface area (Å²) in [6, 6.07) is 15.9. The Morgan fingerprint density at radius 2 is 1.67 bits per heavy atom. The van der Waals surface area contributed by atoms with Gasteiger partial charge in [0.15, 0.2) is 0 Å². The maximum atomic E-state index is 5.81. The van der Waals surface area contributed by atoms with Gasteiger partial charge in [0.2, 0.25) is 0 Å². The van der Waals surface area contributed by atoms with Gasteiger partial charge in [-0.2, -0.15) is 0 Å². The monoisotopic (exact) mass is 349 g/mol. The lowest BCUT2D eigenvalue weighted by molar-refractivity contribution is 0.215. The molecule has 0 saturated heterocycles. The predicted octanol–water partition coefficient (Wildman–Crippen LogP) is 4.02. The van der Waals surface area contributed by atoms with Crippen molar-refractivity contribution in [3.63, 3.8) is 0 Å². The van der Waals surface area contributed by atoms with Crippen molar-refractivity contribution in [3.8, 4) is 11.5 Å². The van der Waals surface area contributed by atoms with Crippen molar-refractivity contribution in [3.05, 3.63) is 58.6 Å². The molecule has 2 aromatic carbocycles. The number of benzene rings is 2. The summed E-state index contributed by atoms with van der Waals surface area (Å²) in [7, 11) is 0. The van der Waals surface area contributed by atoms with Crippen LogP contribution in [0.25, 0.3) is 0 Å². The molecule has 0 spiro atoms. The van der Waals surface area contributed by atoms with Crippen LogP contribution in [0.4, 0.5) is 0 Å². The second kappa shape index (κ2) is 8.70. The minimum absolute atomic E-state index is 0.525. The van der Waals surface area contributed by atoms with Crippen LogP contribution in [0.3, 0.4) is 0 Å². The topological polar surface area (TPSA) is 30.5 Å². The standard InChI is InChI=1S/C17H20BrNO2/c1-2-19-13-14-5-3-4-6-17(14)21-12-11-20-16-9-7-15(18)8-10-16/h3-10,19H,2,11-13H2,1H3. The van der Waals surface area contributed by atoms with Crippen LogP contribution >= 0.6 is 15.9 Å². The molecule has 0 aromatic heterocycles. The third-order valence-corrected chi connectivity index (χ3v) is 3.49. The molecule has 3 nitrogen and oxygen atoms in total. The minimum Gasteiger partial charge on any atom is -0.490 e. The van der Waals surface area contributed by atoms with Gasteiger partial charge in [0.05, 0.1) is 0 Å². The fourth-order valence-corrected chi connectivity index (χ4v) is 2.16. The second-order valence-corrected chi connectivity index (χ2v) is 5.45. The molecule has 0 aliphatic carbocycles. The number of halogens is 1. The van der Waals surface area contributed by atoms with Gasteiger partial charge in [-0.25, -0.2) is 0 Å². The van der Waals surface area contributed by atoms with Crippen LogP contribution in [-0.4, -0.2) is 19.8 Å². The number of para-hydroxylation sites is 1. The molecule has 112 valence electrons. The Balaban J connectivity index is 1.79. The Morgan fingerprint density at radius 1 is 0.952 bits per heavy atom. The summed E-state index contributed by atoms with van der Waals surface area (Å²) in [5.74, 6) is 1.76. The summed E-state index contributed by atoms with van der Waals surface area (Å²) in [6.07, 6.45) is 0. The smallest absolute Gasteiger partial charge is 0.123 e. The first-order chi connectivity index (χ1) is 10.3. The molecular weight excluding hydrogens is 330 g/mol. The van der Waals surface area contributed by atoms with Crippen molar-refractivity contribution in [1.82, 2.24) is 5.32 Å². The molecule has 0 aliphatic heterocycles. The molecule has 0 amide bonds. The third kappa shape index (κ3) is 5.40. The first kappa shape index (κ1) is 15.9. The van der Waals surface area contributed by atoms with Gasteiger partial charge in [0.1, 0.15) is 24.7 Å². The van der Waals surface area contributed by atoms with Crippen LogP contribution in [0, 0.1) is 0 Å². The normalized spacial score (nSPS) is 10.4. The maximum Gasteiger partial charge on any atom is 0.123 e. The number of ether oxygens (including phenoxy) is 2. The lowest BCUT2D eigenvalue weighted by Crippen LogP contribution is -2.14. The SMILES string of the molecule is CCNCc1ccccc1OCCOc1ccc(Br)cc1. The molecular formula is C17H20BrNO2. The van der Waals surface area contributed by atoms with Crippen LogP contribution in [-0.2, 0) is 6.54 Å². The molecule has 21 heavy (non-hydrogen) atoms. The summed E-state index contributed by atoms with van der Waals surface area (Å²) in [5.41, 5.74) is 1.17. The highest BCUT2D eigenvalue weighted by atomic mass is 79.9. The number of hydrogen-bond donors (Lipinski definition) is 1. The summed E-state index contributed by atoms with van der Waals surface area (Å²) >= 11 is 3.40. The Kier molecular flexibility index (Phi) is 6.57. The second-order valence-electron chi connectivity index (χ2n) is 4.54. The highest BCUT2D eigenvalue weighted by Crippen LogP contribution is 2.18. The van der Waals surface area contributed by atoms with E-state index in [-0.39, 0.29) is 0 Å². The average molecular weight is 350 g/mol. The van der Waals surface area contributed by atoms with Crippen LogP contribution in [0.1, 0.15) is 12.5 Å². The van der Waals surface area contributed by atoms with E-state index in [4.69, 9.17) is 9.47 Å². The Morgan fingerprint density at radius 3 is 2.43 bits per heavy atom. The summed E-state index contributed by atoms with van der Waals surface area (Å²) in [6.45, 7) is 4.91. The molecule has 0 bridgehead atoms. The van der Waals surface area contributed by atoms with E-state index in [1.54, 1.807) is 0 Å². The minimum atomic E-state index is 0.525. The van der Waals surface area contributed by atoms with Crippen molar-refractivity contribution < 1.29 is 9.47 Å². The highest BCUT2D eigenvalue weighted by molar-refractivity contribution is 9.10. The van der Waals surface area contributed by atoms with E-state index in [9.17, 15) is 0 Å². The largest absolute Gasteiger partial charge is 0.490 e. The molecule has 0 aliphatic rings. The quantitative estimate of drug-likeness (QED) is 0.730. The maximum absolute atomic E-state index is 5.81. The van der Waals surface area contributed by atoms with E-state index in [1.807, 2.05) is 42.5 Å². The molecule has 2 rings (SSSR count). The predicted molar refractivity (Wildman–Crippen MR) is 89.0 cm³/mol. The van der Waals surface area contributed by atoms with Gasteiger partial charge in [0, 0.05) is 16.6 Å². The van der Waals surface area contributed by atoms with Crippen LogP contribution < -0.4 is 14.8 Å². The lowest BCUT2D eigenvalue weighted by Gasteiger charge is -2.12. The van der Waals surface area contributed by atoms with Gasteiger partial charge in [-0.05, 0) is 36.9 Å². The number of nitrogens with one attached hydrogen (secondary N) is 1. The molecule has 0 saturated carbocycles. The van der Waals surface area contributed by atoms with Gasteiger partial charge < -0.3 is 14.8 Å². The molecule has 2 aromatic rings. The van der Waals surface area contributed by atoms with Crippen molar-refractivity contribution in [2.24, 2.45) is 0 Å². The number of hydrogen-bond acceptors (Lipinski definition) is 3. The lowest BCUT2D eigenvalue weighted by atomic mass is 10.2. The summed E-state index contributed by atoms with van der Waals surface area (Å²) in [4.78, 5) is 0. The fraction of sp³-hybridized carbons (Fsp3) is 0.294. The zero-order valence-electron chi connectivity index (χ0n) is 12.1. The average Bonchev–Trinajstić information content (AvgIpc) is 2.52. The van der Waals surface area contributed by atoms with E-state index >= 15 is 0 Å². The fourth-order valence-electron chi connectivity index (χ4n) is 1.89. The van der Waals surface area contributed by atoms with E-state index in [0.717, 1.165) is 29.1 Å². The molecule has 0 fully saturated rings. The van der Waals surface area contributed by atoms with E-state index < -0.39 is 0 Å². The highest BCUT2D eigenvalue weighted by Gasteiger charge is 2.02. The number of rotatable bonds is 8. The molecule has 1 N–H and O–H groups in total. The Bertz CT molecular complexity index is 543. The van der Waals surface area contributed by atoms with Gasteiger partial charge in [-0.15, -0.1) is 0 Å². The molecule has 0 radical (unpaired) electrons. The van der Waals surface area contributed by atoms with Crippen LogP contribution in [0.2, 0.25) is 0 Å². The summed E-state index contributed by atoms with van der Waals surface area (Å²) in [5, 5.41) is 3.31. The molecule has 0 unspecified atom stereocenters. The molecule has 0 heterocycles. The third-order valence-electron chi connectivity index (χ3n) is 2.96. The Hall–Kier alpha value is -1.52. The van der Waals surface area contributed by atoms with Crippen LogP contribution in [0.5, 0.6) is 11.5 Å². The molecule has 4 heteroatoms. The van der Waals surface area contributed by atoms with Gasteiger partial charge in [0.25, 0.3) is 0 Å². The van der Waals surface area contributed by atoms with E-state index in [1.165, 1.54) is 5.56 Å². The zero-order valence-corrected chi connectivity index (χ0v) is 13.7. The van der Waals surface area contributed by atoms with Gasteiger partial charge in [-0.1, -0.05) is 41.1 Å². The van der Waals surface area contributed by atoms with Gasteiger partial charge in [-0.3, -0.25) is 0 Å². The summed E-state index contributed by atoms with van der Waals surface area (Å²) < 4.78 is 12.5. The molecule has 0 atom stereocenters. The van der Waals surface area contributed by atoms with Crippen LogP contribution in [0.15, 0.2) is 53.0 Å². The van der Waals surface area contributed by atoms with E-state index in [2.05, 4.69) is 34.2 Å². The Labute approximate surface area is 134 Å². The van der Waals surface area contributed by atoms with E-state index in [0.29, 0.717) is 13.2 Å². The van der Waals surface area contributed by atoms with Crippen molar-refractivity contribution in [1.29, 1.82) is 0 Å². The van der Waals surface area contributed by atoms with Crippen molar-refractivity contribution in [2.75, 3.05) is 19.8 Å². The van der Waals surface area contributed by atoms with Crippen molar-refractivity contribution in [2.45, 2.75) is 13.5 Å². The van der Waals surface area contributed by atoms with Gasteiger partial charge >= 0.3 is 0 Å². The zero-order chi connectivity index (χ0) is 14.9. The van der Waals surface area contributed by atoms with Crippen molar-refractivity contribution >= 4 is 15.9 Å². The first-order valence-electron chi connectivity index (χ1n) is 7.09. The first-order valence-corrected chi connectivity index (χ1v) is 7.88.